The minimum Gasteiger partial charge on any atom is -0.374 e. The van der Waals surface area contributed by atoms with Gasteiger partial charge in [0.15, 0.2) is 5.03 Å². The van der Waals surface area contributed by atoms with E-state index in [-0.39, 0.29) is 6.61 Å². The van der Waals surface area contributed by atoms with Crippen LogP contribution in [0.3, 0.4) is 0 Å². The molecule has 0 fully saturated rings. The van der Waals surface area contributed by atoms with Crippen LogP contribution in [0.2, 0.25) is 0 Å². The average molecular weight is 163 g/mol. The van der Waals surface area contributed by atoms with Crippen molar-refractivity contribution in [3.05, 3.63) is 5.03 Å². The lowest BCUT2D eigenvalue weighted by Crippen LogP contribution is -2.08. The number of hydrogen-bond donors (Lipinski definition) is 0. The lowest BCUT2D eigenvalue weighted by Gasteiger charge is -1.94. The molecule has 0 aromatic heterocycles. The van der Waals surface area contributed by atoms with Gasteiger partial charge in [-0.15, -0.1) is 0 Å². The number of halogens is 1. The minimum atomic E-state index is -0.529. The maximum absolute atomic E-state index is 10.6. The third-order valence-corrected chi connectivity index (χ3v) is 1.06. The molecule has 0 unspecified atom stereocenters. The highest BCUT2D eigenvalue weighted by atomic mass is 35.5. The van der Waals surface area contributed by atoms with E-state index < -0.39 is 10.8 Å². The normalized spacial score (nSPS) is 8.60. The molecule has 0 N–H and O–H groups in total. The van der Waals surface area contributed by atoms with Crippen LogP contribution in [0.1, 0.15) is 6.92 Å². The highest BCUT2D eigenvalue weighted by Crippen LogP contribution is 1.96. The third kappa shape index (κ3) is 3.41. The molecule has 0 heterocycles. The summed E-state index contributed by atoms with van der Waals surface area (Å²) >= 11 is 5.11. The highest BCUT2D eigenvalue weighted by molar-refractivity contribution is 6.46. The Morgan fingerprint density at radius 3 is 2.70 bits per heavy atom. The highest BCUT2D eigenvalue weighted by Gasteiger charge is 2.05. The Morgan fingerprint density at radius 2 is 2.30 bits per heavy atom. The van der Waals surface area contributed by atoms with Gasteiger partial charge in [0.05, 0.1) is 0 Å². The number of ether oxygens (including phenoxy) is 1. The topological polar surface area (TPSA) is 43.4 Å². The van der Waals surface area contributed by atoms with Crippen LogP contribution in [-0.2, 0) is 14.3 Å². The van der Waals surface area contributed by atoms with E-state index in [1.165, 1.54) is 5.94 Å². The van der Waals surface area contributed by atoms with Crippen LogP contribution in [0, 0.1) is 0 Å². The largest absolute Gasteiger partial charge is 0.374 e. The fraction of sp³-hybridized carbons (Fsp3) is 0.500. The summed E-state index contributed by atoms with van der Waals surface area (Å²) in [5.74, 6) is 0.747. The number of ketones is 1. The standard InChI is InChI=1S/C6H7ClO3/c1-2-10-4-6(9)5(7)3-8/h2,4H2,1H3. The number of carbonyl (C=O) groups is 1. The second kappa shape index (κ2) is 5.18. The van der Waals surface area contributed by atoms with Crippen LogP contribution in [0.5, 0.6) is 0 Å². The molecule has 10 heavy (non-hydrogen) atoms. The molecule has 0 saturated heterocycles. The van der Waals surface area contributed by atoms with Crippen molar-refractivity contribution in [2.24, 2.45) is 0 Å². The first-order chi connectivity index (χ1) is 4.72. The molecule has 56 valence electrons. The second-order valence-electron chi connectivity index (χ2n) is 1.48. The van der Waals surface area contributed by atoms with Gasteiger partial charge in [-0.25, -0.2) is 4.79 Å². The molecule has 0 bridgehead atoms. The van der Waals surface area contributed by atoms with Crippen molar-refractivity contribution in [3.63, 3.8) is 0 Å². The summed E-state index contributed by atoms with van der Waals surface area (Å²) in [6.07, 6.45) is 0. The molecule has 4 heteroatoms. The van der Waals surface area contributed by atoms with E-state index >= 15 is 0 Å². The smallest absolute Gasteiger partial charge is 0.210 e. The van der Waals surface area contributed by atoms with Crippen molar-refractivity contribution in [3.8, 4) is 0 Å². The van der Waals surface area contributed by atoms with Gasteiger partial charge in [0.25, 0.3) is 0 Å². The fourth-order valence-corrected chi connectivity index (χ4v) is 0.370. The Kier molecular flexibility index (Phi) is 4.85. The molecular weight excluding hydrogens is 156 g/mol. The summed E-state index contributed by atoms with van der Waals surface area (Å²) in [6, 6.07) is 0. The molecule has 0 rings (SSSR count). The van der Waals surface area contributed by atoms with Crippen molar-refractivity contribution in [1.29, 1.82) is 0 Å². The van der Waals surface area contributed by atoms with E-state index in [0.717, 1.165) is 0 Å². The zero-order valence-electron chi connectivity index (χ0n) is 5.52. The molecule has 0 amide bonds. The molecule has 0 aliphatic heterocycles. The van der Waals surface area contributed by atoms with Gasteiger partial charge in [-0.1, -0.05) is 11.6 Å². The SMILES string of the molecule is CCOCC(=O)C(Cl)=C=O. The zero-order chi connectivity index (χ0) is 7.98. The third-order valence-electron chi connectivity index (χ3n) is 0.772. The van der Waals surface area contributed by atoms with Crippen LogP contribution in [-0.4, -0.2) is 24.9 Å². The predicted octanol–water partition coefficient (Wildman–Crippen LogP) is 0.546. The van der Waals surface area contributed by atoms with Gasteiger partial charge in [0, 0.05) is 6.61 Å². The summed E-state index contributed by atoms with van der Waals surface area (Å²) < 4.78 is 4.68. The average Bonchev–Trinajstić information content (AvgIpc) is 1.98. The Morgan fingerprint density at radius 1 is 1.70 bits per heavy atom. The van der Waals surface area contributed by atoms with E-state index in [9.17, 15) is 9.59 Å². The van der Waals surface area contributed by atoms with E-state index in [0.29, 0.717) is 6.61 Å². The number of carbonyl (C=O) groups excluding carboxylic acids is 2. The number of rotatable bonds is 4. The van der Waals surface area contributed by atoms with E-state index in [1.807, 2.05) is 0 Å². The van der Waals surface area contributed by atoms with Gasteiger partial charge in [-0.2, -0.15) is 0 Å². The minimum absolute atomic E-state index is 0.148. The van der Waals surface area contributed by atoms with Gasteiger partial charge < -0.3 is 4.74 Å². The second-order valence-corrected chi connectivity index (χ2v) is 1.85. The van der Waals surface area contributed by atoms with Gasteiger partial charge >= 0.3 is 0 Å². The van der Waals surface area contributed by atoms with Crippen LogP contribution < -0.4 is 0 Å². The Labute approximate surface area is 63.6 Å². The van der Waals surface area contributed by atoms with Crippen molar-refractivity contribution in [2.45, 2.75) is 6.92 Å². The Balaban J connectivity index is 3.75. The van der Waals surface area contributed by atoms with Crippen molar-refractivity contribution in [1.82, 2.24) is 0 Å². The van der Waals surface area contributed by atoms with E-state index in [1.54, 1.807) is 6.92 Å². The first-order valence-corrected chi connectivity index (χ1v) is 3.11. The molecular formula is C6H7ClO3. The maximum atomic E-state index is 10.6. The molecule has 0 saturated carbocycles. The monoisotopic (exact) mass is 162 g/mol. The molecule has 0 spiro atoms. The summed E-state index contributed by atoms with van der Waals surface area (Å²) in [7, 11) is 0. The van der Waals surface area contributed by atoms with Gasteiger partial charge in [-0.05, 0) is 6.92 Å². The molecule has 3 nitrogen and oxygen atoms in total. The van der Waals surface area contributed by atoms with E-state index in [2.05, 4.69) is 4.74 Å². The van der Waals surface area contributed by atoms with Gasteiger partial charge in [0.2, 0.25) is 5.78 Å². The quantitative estimate of drug-likeness (QED) is 0.448. The van der Waals surface area contributed by atoms with Crippen molar-refractivity contribution < 1.29 is 14.3 Å². The molecule has 0 aliphatic carbocycles. The lowest BCUT2D eigenvalue weighted by atomic mass is 10.4. The van der Waals surface area contributed by atoms with Gasteiger partial charge in [-0.3, -0.25) is 4.79 Å². The van der Waals surface area contributed by atoms with Crippen molar-refractivity contribution >= 4 is 23.3 Å². The van der Waals surface area contributed by atoms with Gasteiger partial charge in [0.1, 0.15) is 12.5 Å². The molecule has 0 aromatic carbocycles. The number of Topliss-reactive ketones (excluding diaryl/α,β-unsaturated/α-hetero) is 1. The maximum Gasteiger partial charge on any atom is 0.210 e. The summed E-state index contributed by atoms with van der Waals surface area (Å²) in [6.45, 7) is 2.02. The predicted molar refractivity (Wildman–Crippen MR) is 36.6 cm³/mol. The van der Waals surface area contributed by atoms with Crippen LogP contribution in [0.15, 0.2) is 5.03 Å². The van der Waals surface area contributed by atoms with Crippen LogP contribution in [0.4, 0.5) is 0 Å². The fourth-order valence-electron chi connectivity index (χ4n) is 0.315. The van der Waals surface area contributed by atoms with Crippen LogP contribution >= 0.6 is 11.6 Å². The Hall–Kier alpha value is -0.630. The molecule has 0 aromatic rings. The summed E-state index contributed by atoms with van der Waals surface area (Å²) in [4.78, 5) is 20.3. The first kappa shape index (κ1) is 9.37. The van der Waals surface area contributed by atoms with Crippen LogP contribution in [0.25, 0.3) is 0 Å². The zero-order valence-corrected chi connectivity index (χ0v) is 6.27. The first-order valence-electron chi connectivity index (χ1n) is 2.74. The molecule has 0 aliphatic rings. The van der Waals surface area contributed by atoms with E-state index in [4.69, 9.17) is 11.6 Å². The Bertz CT molecular complexity index is 170. The van der Waals surface area contributed by atoms with Crippen molar-refractivity contribution in [2.75, 3.05) is 13.2 Å². The summed E-state index contributed by atoms with van der Waals surface area (Å²) in [5.41, 5.74) is 0. The summed E-state index contributed by atoms with van der Waals surface area (Å²) in [5, 5.41) is -0.437. The number of hydrogen-bond acceptors (Lipinski definition) is 3. The molecule has 0 atom stereocenters. The lowest BCUT2D eigenvalue weighted by molar-refractivity contribution is -0.119. The molecule has 0 radical (unpaired) electrons.